The summed E-state index contributed by atoms with van der Waals surface area (Å²) in [5.74, 6) is 0.871. The fourth-order valence-corrected chi connectivity index (χ4v) is 1.89. The average molecular weight is 249 g/mol. The second-order valence-corrected chi connectivity index (χ2v) is 4.31. The van der Waals surface area contributed by atoms with Crippen LogP contribution in [0.4, 0.5) is 0 Å². The summed E-state index contributed by atoms with van der Waals surface area (Å²) >= 11 is 0. The predicted octanol–water partition coefficient (Wildman–Crippen LogP) is 1.75. The number of ether oxygens (including phenoxy) is 2. The lowest BCUT2D eigenvalue weighted by Crippen LogP contribution is -2.35. The van der Waals surface area contributed by atoms with E-state index in [4.69, 9.17) is 9.47 Å². The van der Waals surface area contributed by atoms with Crippen LogP contribution in [-0.2, 0) is 9.53 Å². The van der Waals surface area contributed by atoms with Gasteiger partial charge in [0.25, 0.3) is 0 Å². The Labute approximate surface area is 107 Å². The molecule has 18 heavy (non-hydrogen) atoms. The molecule has 1 saturated heterocycles. The van der Waals surface area contributed by atoms with Crippen LogP contribution in [0.3, 0.4) is 0 Å². The minimum atomic E-state index is -0.236. The molecule has 1 aromatic carbocycles. The zero-order chi connectivity index (χ0) is 12.6. The summed E-state index contributed by atoms with van der Waals surface area (Å²) in [5.41, 5.74) is 0. The van der Waals surface area contributed by atoms with Crippen molar-refractivity contribution in [1.82, 2.24) is 5.32 Å². The fraction of sp³-hybridized carbons (Fsp3) is 0.500. The molecule has 2 rings (SSSR count). The molecule has 1 aliphatic heterocycles. The lowest BCUT2D eigenvalue weighted by molar-refractivity contribution is -0.130. The zero-order valence-corrected chi connectivity index (χ0v) is 10.4. The van der Waals surface area contributed by atoms with Crippen molar-refractivity contribution in [2.45, 2.75) is 25.4 Å². The maximum atomic E-state index is 11.6. The first kappa shape index (κ1) is 12.9. The van der Waals surface area contributed by atoms with Gasteiger partial charge in [-0.2, -0.15) is 0 Å². The van der Waals surface area contributed by atoms with Crippen molar-refractivity contribution in [1.29, 1.82) is 0 Å². The van der Waals surface area contributed by atoms with Gasteiger partial charge >= 0.3 is 0 Å². The Morgan fingerprint density at radius 3 is 2.94 bits per heavy atom. The molecule has 1 heterocycles. The first-order valence-electron chi connectivity index (χ1n) is 6.43. The van der Waals surface area contributed by atoms with Gasteiger partial charge < -0.3 is 14.8 Å². The Hall–Kier alpha value is -1.55. The van der Waals surface area contributed by atoms with Gasteiger partial charge in [-0.15, -0.1) is 0 Å². The largest absolute Gasteiger partial charge is 0.494 e. The number of carbonyl (C=O) groups excluding carboxylic acids is 1. The van der Waals surface area contributed by atoms with Gasteiger partial charge in [0.2, 0.25) is 5.91 Å². The number of para-hydroxylation sites is 1. The molecule has 1 atom stereocenters. The summed E-state index contributed by atoms with van der Waals surface area (Å²) in [6, 6.07) is 9.67. The van der Waals surface area contributed by atoms with Gasteiger partial charge in [-0.1, -0.05) is 18.2 Å². The third-order valence-electron chi connectivity index (χ3n) is 2.85. The van der Waals surface area contributed by atoms with Crippen LogP contribution in [0.5, 0.6) is 5.75 Å². The summed E-state index contributed by atoms with van der Waals surface area (Å²) in [6.07, 6.45) is 2.38. The highest BCUT2D eigenvalue weighted by Gasteiger charge is 2.22. The van der Waals surface area contributed by atoms with Crippen LogP contribution in [0, 0.1) is 0 Å². The summed E-state index contributed by atoms with van der Waals surface area (Å²) in [5, 5.41) is 2.87. The van der Waals surface area contributed by atoms with Crippen LogP contribution in [0.15, 0.2) is 30.3 Å². The standard InChI is InChI=1S/C14H19NO3/c16-14(13-8-4-10-18-13)15-9-5-11-17-12-6-2-1-3-7-12/h1-3,6-7,13H,4-5,8-11H2,(H,15,16). The first-order chi connectivity index (χ1) is 8.86. The molecule has 0 bridgehead atoms. The van der Waals surface area contributed by atoms with Crippen LogP contribution < -0.4 is 10.1 Å². The van der Waals surface area contributed by atoms with Crippen molar-refractivity contribution < 1.29 is 14.3 Å². The fourth-order valence-electron chi connectivity index (χ4n) is 1.89. The van der Waals surface area contributed by atoms with Crippen molar-refractivity contribution in [3.05, 3.63) is 30.3 Å². The number of hydrogen-bond donors (Lipinski definition) is 1. The van der Waals surface area contributed by atoms with Gasteiger partial charge in [0, 0.05) is 13.2 Å². The molecule has 1 aliphatic rings. The second kappa shape index (κ2) is 7.01. The Balaban J connectivity index is 1.54. The van der Waals surface area contributed by atoms with Crippen LogP contribution in [0.1, 0.15) is 19.3 Å². The smallest absolute Gasteiger partial charge is 0.249 e. The first-order valence-corrected chi connectivity index (χ1v) is 6.43. The van der Waals surface area contributed by atoms with E-state index in [0.29, 0.717) is 19.8 Å². The number of carbonyl (C=O) groups is 1. The van der Waals surface area contributed by atoms with Crippen molar-refractivity contribution in [3.8, 4) is 5.75 Å². The lowest BCUT2D eigenvalue weighted by Gasteiger charge is -2.10. The number of benzene rings is 1. The van der Waals surface area contributed by atoms with E-state index in [1.807, 2.05) is 30.3 Å². The Morgan fingerprint density at radius 2 is 2.22 bits per heavy atom. The highest BCUT2D eigenvalue weighted by atomic mass is 16.5. The number of hydrogen-bond acceptors (Lipinski definition) is 3. The molecule has 1 amide bonds. The van der Waals surface area contributed by atoms with Crippen molar-refractivity contribution in [2.75, 3.05) is 19.8 Å². The van der Waals surface area contributed by atoms with E-state index in [2.05, 4.69) is 5.32 Å². The maximum Gasteiger partial charge on any atom is 0.249 e. The Bertz CT molecular complexity index is 361. The zero-order valence-electron chi connectivity index (χ0n) is 10.4. The molecule has 4 heteroatoms. The summed E-state index contributed by atoms with van der Waals surface area (Å²) < 4.78 is 10.8. The van der Waals surface area contributed by atoms with E-state index >= 15 is 0 Å². The summed E-state index contributed by atoms with van der Waals surface area (Å²) in [6.45, 7) is 1.94. The molecular weight excluding hydrogens is 230 g/mol. The highest BCUT2D eigenvalue weighted by Crippen LogP contribution is 2.11. The highest BCUT2D eigenvalue weighted by molar-refractivity contribution is 5.80. The number of rotatable bonds is 6. The number of amides is 1. The molecule has 0 radical (unpaired) electrons. The van der Waals surface area contributed by atoms with E-state index < -0.39 is 0 Å². The van der Waals surface area contributed by atoms with Crippen LogP contribution >= 0.6 is 0 Å². The third-order valence-corrected chi connectivity index (χ3v) is 2.85. The average Bonchev–Trinajstić information content (AvgIpc) is 2.93. The van der Waals surface area contributed by atoms with Crippen molar-refractivity contribution in [2.24, 2.45) is 0 Å². The van der Waals surface area contributed by atoms with Gasteiger partial charge in [0.15, 0.2) is 0 Å². The number of nitrogens with one attached hydrogen (secondary N) is 1. The topological polar surface area (TPSA) is 47.6 Å². The molecule has 0 spiro atoms. The molecular formula is C14H19NO3. The molecule has 1 N–H and O–H groups in total. The van der Waals surface area contributed by atoms with E-state index in [-0.39, 0.29) is 12.0 Å². The molecule has 1 fully saturated rings. The predicted molar refractivity (Wildman–Crippen MR) is 68.5 cm³/mol. The van der Waals surface area contributed by atoms with E-state index in [0.717, 1.165) is 25.0 Å². The molecule has 0 aromatic heterocycles. The van der Waals surface area contributed by atoms with Crippen LogP contribution in [-0.4, -0.2) is 31.8 Å². The Kier molecular flexibility index (Phi) is 5.02. The molecule has 0 aliphatic carbocycles. The quantitative estimate of drug-likeness (QED) is 0.781. The van der Waals surface area contributed by atoms with Crippen LogP contribution in [0.25, 0.3) is 0 Å². The lowest BCUT2D eigenvalue weighted by atomic mass is 10.2. The van der Waals surface area contributed by atoms with Crippen molar-refractivity contribution >= 4 is 5.91 Å². The second-order valence-electron chi connectivity index (χ2n) is 4.31. The molecule has 1 unspecified atom stereocenters. The molecule has 0 saturated carbocycles. The van der Waals surface area contributed by atoms with E-state index in [1.165, 1.54) is 0 Å². The van der Waals surface area contributed by atoms with Gasteiger partial charge in [0.1, 0.15) is 11.9 Å². The van der Waals surface area contributed by atoms with Gasteiger partial charge in [-0.25, -0.2) is 0 Å². The maximum absolute atomic E-state index is 11.6. The normalized spacial score (nSPS) is 18.6. The van der Waals surface area contributed by atoms with Crippen molar-refractivity contribution in [3.63, 3.8) is 0 Å². The van der Waals surface area contributed by atoms with Gasteiger partial charge in [-0.3, -0.25) is 4.79 Å². The Morgan fingerprint density at radius 1 is 1.39 bits per heavy atom. The third kappa shape index (κ3) is 4.04. The van der Waals surface area contributed by atoms with E-state index in [9.17, 15) is 4.79 Å². The minimum absolute atomic E-state index is 0.00668. The molecule has 4 nitrogen and oxygen atoms in total. The minimum Gasteiger partial charge on any atom is -0.494 e. The van der Waals surface area contributed by atoms with Crippen LogP contribution in [0.2, 0.25) is 0 Å². The summed E-state index contributed by atoms with van der Waals surface area (Å²) in [7, 11) is 0. The van der Waals surface area contributed by atoms with Gasteiger partial charge in [-0.05, 0) is 31.4 Å². The molecule has 98 valence electrons. The molecule has 1 aromatic rings. The monoisotopic (exact) mass is 249 g/mol. The summed E-state index contributed by atoms with van der Waals surface area (Å²) in [4.78, 5) is 11.6. The van der Waals surface area contributed by atoms with E-state index in [1.54, 1.807) is 0 Å². The van der Waals surface area contributed by atoms with Gasteiger partial charge in [0.05, 0.1) is 6.61 Å². The SMILES string of the molecule is O=C(NCCCOc1ccccc1)C1CCCO1.